The van der Waals surface area contributed by atoms with Crippen molar-refractivity contribution in [1.82, 2.24) is 0 Å². The Balaban J connectivity index is 1.69. The highest BCUT2D eigenvalue weighted by atomic mass is 35.5. The third-order valence-corrected chi connectivity index (χ3v) is 7.29. The van der Waals surface area contributed by atoms with E-state index in [0.29, 0.717) is 24.3 Å². The van der Waals surface area contributed by atoms with Crippen molar-refractivity contribution in [2.45, 2.75) is 18.2 Å². The predicted molar refractivity (Wildman–Crippen MR) is 115 cm³/mol. The molecule has 0 unspecified atom stereocenters. The van der Waals surface area contributed by atoms with Crippen molar-refractivity contribution in [3.05, 3.63) is 88.4 Å². The predicted octanol–water partition coefficient (Wildman–Crippen LogP) is 4.65. The van der Waals surface area contributed by atoms with Gasteiger partial charge in [-0.1, -0.05) is 48.0 Å². The SMILES string of the molecule is Cc1ccccc1NC(=O)c1ccc(Cl)c(S(=O)(=O)N2CCc3ccccc32)c1. The summed E-state index contributed by atoms with van der Waals surface area (Å²) in [6, 6.07) is 19.1. The summed E-state index contributed by atoms with van der Waals surface area (Å²) in [4.78, 5) is 12.6. The van der Waals surface area contributed by atoms with Crippen molar-refractivity contribution in [2.75, 3.05) is 16.2 Å². The van der Waals surface area contributed by atoms with Gasteiger partial charge >= 0.3 is 0 Å². The molecule has 0 saturated heterocycles. The third-order valence-electron chi connectivity index (χ3n) is 5.00. The first-order valence-electron chi connectivity index (χ1n) is 9.15. The summed E-state index contributed by atoms with van der Waals surface area (Å²) in [7, 11) is -3.90. The van der Waals surface area contributed by atoms with Crippen LogP contribution in [0.2, 0.25) is 5.02 Å². The third kappa shape index (κ3) is 3.61. The van der Waals surface area contributed by atoms with Crippen molar-refractivity contribution in [3.8, 4) is 0 Å². The van der Waals surface area contributed by atoms with E-state index in [0.717, 1.165) is 11.1 Å². The summed E-state index contributed by atoms with van der Waals surface area (Å²) < 4.78 is 28.0. The molecule has 0 aliphatic carbocycles. The first-order valence-corrected chi connectivity index (χ1v) is 11.0. The minimum atomic E-state index is -3.90. The first kappa shape index (κ1) is 19.5. The number of carbonyl (C=O) groups is 1. The van der Waals surface area contributed by atoms with Crippen LogP contribution in [0.1, 0.15) is 21.5 Å². The maximum Gasteiger partial charge on any atom is 0.265 e. The molecule has 5 nitrogen and oxygen atoms in total. The zero-order chi connectivity index (χ0) is 20.6. The number of sulfonamides is 1. The highest BCUT2D eigenvalue weighted by molar-refractivity contribution is 7.93. The summed E-state index contributed by atoms with van der Waals surface area (Å²) in [6.45, 7) is 2.23. The topological polar surface area (TPSA) is 66.5 Å². The van der Waals surface area contributed by atoms with Crippen molar-refractivity contribution < 1.29 is 13.2 Å². The van der Waals surface area contributed by atoms with Crippen LogP contribution in [0.15, 0.2) is 71.6 Å². The molecular formula is C22H19ClN2O3S. The van der Waals surface area contributed by atoms with Crippen molar-refractivity contribution in [2.24, 2.45) is 0 Å². The van der Waals surface area contributed by atoms with Crippen LogP contribution >= 0.6 is 11.6 Å². The number of para-hydroxylation sites is 2. The van der Waals surface area contributed by atoms with Gasteiger partial charge in [0.1, 0.15) is 4.90 Å². The molecule has 3 aromatic carbocycles. The van der Waals surface area contributed by atoms with Gasteiger partial charge in [0.25, 0.3) is 15.9 Å². The maximum atomic E-state index is 13.3. The molecule has 148 valence electrons. The lowest BCUT2D eigenvalue weighted by Crippen LogP contribution is -2.29. The number of rotatable bonds is 4. The zero-order valence-corrected chi connectivity index (χ0v) is 17.3. The molecule has 1 amide bonds. The minimum Gasteiger partial charge on any atom is -0.322 e. The van der Waals surface area contributed by atoms with Crippen LogP contribution in [0, 0.1) is 6.92 Å². The Labute approximate surface area is 175 Å². The zero-order valence-electron chi connectivity index (χ0n) is 15.7. The van der Waals surface area contributed by atoms with Gasteiger partial charge in [-0.2, -0.15) is 0 Å². The number of fused-ring (bicyclic) bond motifs is 1. The molecule has 29 heavy (non-hydrogen) atoms. The van der Waals surface area contributed by atoms with Gasteiger partial charge in [0, 0.05) is 17.8 Å². The number of halogens is 1. The van der Waals surface area contributed by atoms with Gasteiger partial charge in [-0.05, 0) is 54.8 Å². The van der Waals surface area contributed by atoms with Gasteiger partial charge in [0.15, 0.2) is 0 Å². The van der Waals surface area contributed by atoms with E-state index in [1.807, 2.05) is 37.3 Å². The van der Waals surface area contributed by atoms with E-state index in [9.17, 15) is 13.2 Å². The van der Waals surface area contributed by atoms with E-state index in [1.54, 1.807) is 18.2 Å². The molecular weight excluding hydrogens is 408 g/mol. The molecule has 1 heterocycles. The lowest BCUT2D eigenvalue weighted by Gasteiger charge is -2.20. The molecule has 1 aliphatic heterocycles. The second-order valence-electron chi connectivity index (χ2n) is 6.87. The number of amides is 1. The normalized spacial score (nSPS) is 13.2. The van der Waals surface area contributed by atoms with Crippen LogP contribution in [-0.4, -0.2) is 20.9 Å². The van der Waals surface area contributed by atoms with E-state index in [2.05, 4.69) is 5.32 Å². The van der Waals surface area contributed by atoms with Crippen LogP contribution in [-0.2, 0) is 16.4 Å². The van der Waals surface area contributed by atoms with Gasteiger partial charge in [0.05, 0.1) is 10.7 Å². The number of hydrogen-bond donors (Lipinski definition) is 1. The maximum absolute atomic E-state index is 13.3. The van der Waals surface area contributed by atoms with E-state index in [4.69, 9.17) is 11.6 Å². The van der Waals surface area contributed by atoms with Gasteiger partial charge < -0.3 is 5.32 Å². The standard InChI is InChI=1S/C22H19ClN2O3S/c1-15-6-2-4-8-19(15)24-22(26)17-10-11-18(23)21(14-17)29(27,28)25-13-12-16-7-3-5-9-20(16)25/h2-11,14H,12-13H2,1H3,(H,24,26). The molecule has 1 aliphatic rings. The van der Waals surface area contributed by atoms with Crippen LogP contribution in [0.4, 0.5) is 11.4 Å². The molecule has 0 saturated carbocycles. The number of benzene rings is 3. The molecule has 7 heteroatoms. The number of nitrogens with zero attached hydrogens (tertiary/aromatic N) is 1. The lowest BCUT2D eigenvalue weighted by atomic mass is 10.1. The van der Waals surface area contributed by atoms with Crippen molar-refractivity contribution in [1.29, 1.82) is 0 Å². The summed E-state index contributed by atoms with van der Waals surface area (Å²) in [6.07, 6.45) is 0.639. The average molecular weight is 427 g/mol. The highest BCUT2D eigenvalue weighted by Crippen LogP contribution is 2.35. The van der Waals surface area contributed by atoms with Crippen LogP contribution < -0.4 is 9.62 Å². The quantitative estimate of drug-likeness (QED) is 0.660. The van der Waals surface area contributed by atoms with E-state index < -0.39 is 15.9 Å². The second-order valence-corrected chi connectivity index (χ2v) is 9.11. The summed E-state index contributed by atoms with van der Waals surface area (Å²) >= 11 is 6.24. The number of anilines is 2. The van der Waals surface area contributed by atoms with Crippen LogP contribution in [0.3, 0.4) is 0 Å². The van der Waals surface area contributed by atoms with Gasteiger partial charge in [-0.15, -0.1) is 0 Å². The van der Waals surface area contributed by atoms with E-state index in [-0.39, 0.29) is 15.5 Å². The average Bonchev–Trinajstić information content (AvgIpc) is 3.15. The number of carbonyl (C=O) groups excluding carboxylic acids is 1. The molecule has 0 fully saturated rings. The Bertz CT molecular complexity index is 1210. The lowest BCUT2D eigenvalue weighted by molar-refractivity contribution is 0.102. The van der Waals surface area contributed by atoms with Crippen molar-refractivity contribution >= 4 is 38.9 Å². The molecule has 0 bridgehead atoms. The van der Waals surface area contributed by atoms with Crippen LogP contribution in [0.25, 0.3) is 0 Å². The number of nitrogens with one attached hydrogen (secondary N) is 1. The minimum absolute atomic E-state index is 0.0756. The smallest absolute Gasteiger partial charge is 0.265 e. The molecule has 0 aromatic heterocycles. The van der Waals surface area contributed by atoms with Gasteiger partial charge in [-0.25, -0.2) is 8.42 Å². The summed E-state index contributed by atoms with van der Waals surface area (Å²) in [5, 5.41) is 2.90. The fourth-order valence-electron chi connectivity index (χ4n) is 3.43. The summed E-state index contributed by atoms with van der Waals surface area (Å²) in [5.74, 6) is -0.394. The Morgan fingerprint density at radius 2 is 1.76 bits per heavy atom. The Kier molecular flexibility index (Phi) is 5.06. The Morgan fingerprint density at radius 1 is 1.03 bits per heavy atom. The molecule has 0 spiro atoms. The molecule has 0 radical (unpaired) electrons. The number of hydrogen-bond acceptors (Lipinski definition) is 3. The van der Waals surface area contributed by atoms with Gasteiger partial charge in [0.2, 0.25) is 0 Å². The summed E-state index contributed by atoms with van der Waals surface area (Å²) in [5.41, 5.74) is 3.43. The van der Waals surface area contributed by atoms with Crippen molar-refractivity contribution in [3.63, 3.8) is 0 Å². The largest absolute Gasteiger partial charge is 0.322 e. The highest BCUT2D eigenvalue weighted by Gasteiger charge is 2.32. The second kappa shape index (κ2) is 7.54. The fourth-order valence-corrected chi connectivity index (χ4v) is 5.43. The molecule has 3 aromatic rings. The number of aryl methyl sites for hydroxylation is 1. The first-order chi connectivity index (χ1) is 13.9. The van der Waals surface area contributed by atoms with E-state index in [1.165, 1.54) is 22.5 Å². The monoisotopic (exact) mass is 426 g/mol. The Hall–Kier alpha value is -2.83. The Morgan fingerprint density at radius 3 is 2.55 bits per heavy atom. The fraction of sp³-hybridized carbons (Fsp3) is 0.136. The van der Waals surface area contributed by atoms with Crippen LogP contribution in [0.5, 0.6) is 0 Å². The molecule has 1 N–H and O–H groups in total. The molecule has 0 atom stereocenters. The van der Waals surface area contributed by atoms with Gasteiger partial charge in [-0.3, -0.25) is 9.10 Å². The molecule has 4 rings (SSSR count). The van der Waals surface area contributed by atoms with E-state index >= 15 is 0 Å².